The number of aryl methyl sites for hydroxylation is 1. The summed E-state index contributed by atoms with van der Waals surface area (Å²) in [5, 5.41) is 17.1. The van der Waals surface area contributed by atoms with E-state index >= 15 is 0 Å². The summed E-state index contributed by atoms with van der Waals surface area (Å²) in [6.45, 7) is 1.63. The number of amides is 2. The van der Waals surface area contributed by atoms with E-state index < -0.39 is 4.92 Å². The lowest BCUT2D eigenvalue weighted by Gasteiger charge is -2.05. The first-order valence-corrected chi connectivity index (χ1v) is 8.34. The summed E-state index contributed by atoms with van der Waals surface area (Å²) in [5.74, 6) is -0.558. The maximum atomic E-state index is 12.0. The van der Waals surface area contributed by atoms with Crippen LogP contribution in [0, 0.1) is 10.1 Å². The predicted molar refractivity (Wildman–Crippen MR) is 102 cm³/mol. The highest BCUT2D eigenvalue weighted by Gasteiger charge is 2.08. The second-order valence-corrected chi connectivity index (χ2v) is 5.90. The number of anilines is 1. The van der Waals surface area contributed by atoms with E-state index in [9.17, 15) is 19.7 Å². The van der Waals surface area contributed by atoms with Crippen molar-refractivity contribution in [3.63, 3.8) is 0 Å². The fourth-order valence-corrected chi connectivity index (χ4v) is 2.26. The van der Waals surface area contributed by atoms with Crippen molar-refractivity contribution in [2.75, 3.05) is 5.32 Å². The minimum Gasteiger partial charge on any atom is -0.326 e. The molecule has 8 heteroatoms. The monoisotopic (exact) mass is 368 g/mol. The van der Waals surface area contributed by atoms with Crippen LogP contribution in [0.4, 0.5) is 11.4 Å². The molecule has 0 heterocycles. The molecule has 0 atom stereocenters. The molecule has 140 valence electrons. The molecule has 27 heavy (non-hydrogen) atoms. The van der Waals surface area contributed by atoms with Crippen LogP contribution in [0.25, 0.3) is 0 Å². The first kappa shape index (κ1) is 19.8. The Balaban J connectivity index is 1.75. The van der Waals surface area contributed by atoms with Crippen molar-refractivity contribution in [1.29, 1.82) is 0 Å². The van der Waals surface area contributed by atoms with Gasteiger partial charge in [0, 0.05) is 30.0 Å². The van der Waals surface area contributed by atoms with Crippen molar-refractivity contribution in [2.45, 2.75) is 26.2 Å². The predicted octanol–water partition coefficient (Wildman–Crippen LogP) is 3.05. The Morgan fingerprint density at radius 3 is 2.33 bits per heavy atom. The van der Waals surface area contributed by atoms with Gasteiger partial charge in [0.2, 0.25) is 11.8 Å². The van der Waals surface area contributed by atoms with Crippen molar-refractivity contribution in [1.82, 2.24) is 5.43 Å². The largest absolute Gasteiger partial charge is 0.326 e. The Morgan fingerprint density at radius 1 is 1.04 bits per heavy atom. The van der Waals surface area contributed by atoms with Crippen molar-refractivity contribution in [3.05, 3.63) is 70.3 Å². The molecule has 0 spiro atoms. The smallest absolute Gasteiger partial charge is 0.269 e. The third kappa shape index (κ3) is 7.07. The molecule has 0 bridgehead atoms. The molecule has 2 aromatic rings. The number of carbonyl (C=O) groups excluding carboxylic acids is 2. The van der Waals surface area contributed by atoms with E-state index in [1.54, 1.807) is 6.92 Å². The number of nitro groups is 1. The fraction of sp³-hybridized carbons (Fsp3) is 0.211. The van der Waals surface area contributed by atoms with E-state index in [0.29, 0.717) is 24.2 Å². The topological polar surface area (TPSA) is 114 Å². The molecule has 0 aliphatic rings. The van der Waals surface area contributed by atoms with Gasteiger partial charge in [0.05, 0.1) is 11.3 Å². The van der Waals surface area contributed by atoms with Gasteiger partial charge in [0.15, 0.2) is 0 Å². The zero-order valence-electron chi connectivity index (χ0n) is 14.8. The van der Waals surface area contributed by atoms with E-state index in [1.807, 2.05) is 30.3 Å². The van der Waals surface area contributed by atoms with Gasteiger partial charge in [-0.1, -0.05) is 30.3 Å². The first-order chi connectivity index (χ1) is 12.9. The fourth-order valence-electron chi connectivity index (χ4n) is 2.26. The number of hydrogen-bond donors (Lipinski definition) is 2. The molecule has 2 rings (SSSR count). The van der Waals surface area contributed by atoms with Gasteiger partial charge in [-0.3, -0.25) is 19.7 Å². The minimum atomic E-state index is -0.511. The Bertz CT molecular complexity index is 833. The lowest BCUT2D eigenvalue weighted by atomic mass is 10.1. The SMILES string of the molecule is CC(CC(=O)Nc1ccc([N+](=O)[O-])cc1)=NNC(=O)CCc1ccccc1. The molecule has 8 nitrogen and oxygen atoms in total. The average Bonchev–Trinajstić information content (AvgIpc) is 2.66. The van der Waals surface area contributed by atoms with E-state index in [0.717, 1.165) is 5.56 Å². The van der Waals surface area contributed by atoms with E-state index in [4.69, 9.17) is 0 Å². The normalized spacial score (nSPS) is 10.9. The molecular formula is C19H20N4O4. The highest BCUT2D eigenvalue weighted by atomic mass is 16.6. The van der Waals surface area contributed by atoms with Crippen molar-refractivity contribution < 1.29 is 14.5 Å². The lowest BCUT2D eigenvalue weighted by Crippen LogP contribution is -2.21. The maximum absolute atomic E-state index is 12.0. The summed E-state index contributed by atoms with van der Waals surface area (Å²) < 4.78 is 0. The Morgan fingerprint density at radius 2 is 1.70 bits per heavy atom. The molecule has 0 saturated carbocycles. The second kappa shape index (κ2) is 9.81. The molecule has 2 aromatic carbocycles. The highest BCUT2D eigenvalue weighted by Crippen LogP contribution is 2.15. The average molecular weight is 368 g/mol. The number of benzene rings is 2. The summed E-state index contributed by atoms with van der Waals surface area (Å²) in [4.78, 5) is 33.9. The molecule has 0 aromatic heterocycles. The van der Waals surface area contributed by atoms with Crippen LogP contribution in [0.1, 0.15) is 25.3 Å². The zero-order chi connectivity index (χ0) is 19.6. The Labute approximate surface area is 156 Å². The summed E-state index contributed by atoms with van der Waals surface area (Å²) in [7, 11) is 0. The third-order valence-electron chi connectivity index (χ3n) is 3.63. The third-order valence-corrected chi connectivity index (χ3v) is 3.63. The van der Waals surface area contributed by atoms with E-state index in [1.165, 1.54) is 24.3 Å². The Kier molecular flexibility index (Phi) is 7.18. The number of hydrazone groups is 1. The van der Waals surface area contributed by atoms with E-state index in [-0.39, 0.29) is 23.9 Å². The number of nitrogens with zero attached hydrogens (tertiary/aromatic N) is 2. The minimum absolute atomic E-state index is 0.00402. The molecule has 0 unspecified atom stereocenters. The van der Waals surface area contributed by atoms with Crippen molar-refractivity contribution in [2.24, 2.45) is 5.10 Å². The van der Waals surface area contributed by atoms with Gasteiger partial charge >= 0.3 is 0 Å². The van der Waals surface area contributed by atoms with Crippen molar-refractivity contribution in [3.8, 4) is 0 Å². The van der Waals surface area contributed by atoms with E-state index in [2.05, 4.69) is 15.8 Å². The summed E-state index contributed by atoms with van der Waals surface area (Å²) in [6.07, 6.45) is 0.910. The van der Waals surface area contributed by atoms with Crippen LogP contribution in [-0.2, 0) is 16.0 Å². The van der Waals surface area contributed by atoms with Crippen LogP contribution in [0.2, 0.25) is 0 Å². The standard InChI is InChI=1S/C19H20N4O4/c1-14(21-22-18(24)12-7-15-5-3-2-4-6-15)13-19(25)20-16-8-10-17(11-9-16)23(26)27/h2-6,8-11H,7,12-13H2,1H3,(H,20,25)(H,22,24). The summed E-state index contributed by atoms with van der Waals surface area (Å²) in [5.41, 5.74) is 4.35. The first-order valence-electron chi connectivity index (χ1n) is 8.34. The van der Waals surface area contributed by atoms with Crippen LogP contribution in [-0.4, -0.2) is 22.4 Å². The quantitative estimate of drug-likeness (QED) is 0.423. The summed E-state index contributed by atoms with van der Waals surface area (Å²) in [6, 6.07) is 15.2. The maximum Gasteiger partial charge on any atom is 0.269 e. The number of nitrogens with one attached hydrogen (secondary N) is 2. The molecule has 0 radical (unpaired) electrons. The number of hydrogen-bond acceptors (Lipinski definition) is 5. The number of carbonyl (C=O) groups is 2. The highest BCUT2D eigenvalue weighted by molar-refractivity contribution is 6.05. The van der Waals surface area contributed by atoms with Crippen LogP contribution in [0.3, 0.4) is 0 Å². The van der Waals surface area contributed by atoms with Crippen LogP contribution in [0.5, 0.6) is 0 Å². The van der Waals surface area contributed by atoms with Gasteiger partial charge < -0.3 is 5.32 Å². The van der Waals surface area contributed by atoms with Gasteiger partial charge in [0.25, 0.3) is 5.69 Å². The van der Waals surface area contributed by atoms with Crippen LogP contribution < -0.4 is 10.7 Å². The van der Waals surface area contributed by atoms with Crippen LogP contribution >= 0.6 is 0 Å². The second-order valence-electron chi connectivity index (χ2n) is 5.90. The van der Waals surface area contributed by atoms with Gasteiger partial charge in [-0.25, -0.2) is 5.43 Å². The molecule has 0 fully saturated rings. The van der Waals surface area contributed by atoms with Gasteiger partial charge in [0.1, 0.15) is 0 Å². The molecule has 0 saturated heterocycles. The van der Waals surface area contributed by atoms with Crippen molar-refractivity contribution >= 4 is 28.9 Å². The number of nitro benzene ring substituents is 1. The number of non-ortho nitro benzene ring substituents is 1. The lowest BCUT2D eigenvalue weighted by molar-refractivity contribution is -0.384. The van der Waals surface area contributed by atoms with Gasteiger partial charge in [-0.15, -0.1) is 0 Å². The van der Waals surface area contributed by atoms with Gasteiger partial charge in [-0.05, 0) is 31.0 Å². The molecule has 2 N–H and O–H groups in total. The molecule has 0 aliphatic carbocycles. The zero-order valence-corrected chi connectivity index (χ0v) is 14.8. The van der Waals surface area contributed by atoms with Crippen LogP contribution in [0.15, 0.2) is 59.7 Å². The van der Waals surface area contributed by atoms with Gasteiger partial charge in [-0.2, -0.15) is 5.10 Å². The molecular weight excluding hydrogens is 348 g/mol. The Hall–Kier alpha value is -3.55. The molecule has 2 amide bonds. The summed E-state index contributed by atoms with van der Waals surface area (Å²) >= 11 is 0. The molecule has 0 aliphatic heterocycles. The number of rotatable bonds is 8.